The summed E-state index contributed by atoms with van der Waals surface area (Å²) in [7, 11) is 2.12. The standard InChI is InChI=1S/C23H30N6O2/c1-16-3-4-20-18(15-28(2)21(20)11-16)5-8-24-12-17-6-9-29(10-7-17)23-25-13-19(14-26-23)22(30)27-31/h3-4,11,13-15,17,24,31H,5-10,12H2,1-2H3,(H,27,30). The Kier molecular flexibility index (Phi) is 6.48. The van der Waals surface area contributed by atoms with Crippen LogP contribution in [0.1, 0.15) is 34.3 Å². The first kappa shape index (κ1) is 21.3. The summed E-state index contributed by atoms with van der Waals surface area (Å²) < 4.78 is 2.22. The molecule has 0 spiro atoms. The zero-order valence-corrected chi connectivity index (χ0v) is 18.1. The van der Waals surface area contributed by atoms with E-state index in [0.717, 1.165) is 45.4 Å². The minimum atomic E-state index is -0.602. The third-order valence-corrected chi connectivity index (χ3v) is 6.13. The number of nitrogens with zero attached hydrogens (tertiary/aromatic N) is 4. The smallest absolute Gasteiger partial charge is 0.277 e. The number of piperidine rings is 1. The van der Waals surface area contributed by atoms with E-state index >= 15 is 0 Å². The molecule has 0 bridgehead atoms. The van der Waals surface area contributed by atoms with Gasteiger partial charge in [-0.25, -0.2) is 15.4 Å². The molecular weight excluding hydrogens is 392 g/mol. The van der Waals surface area contributed by atoms with Crippen LogP contribution in [0.3, 0.4) is 0 Å². The average molecular weight is 423 g/mol. The average Bonchev–Trinajstić information content (AvgIpc) is 3.11. The van der Waals surface area contributed by atoms with Crippen LogP contribution < -0.4 is 15.7 Å². The Morgan fingerprint density at radius 1 is 1.23 bits per heavy atom. The number of rotatable bonds is 7. The van der Waals surface area contributed by atoms with E-state index in [4.69, 9.17) is 5.21 Å². The number of aryl methyl sites for hydroxylation is 2. The van der Waals surface area contributed by atoms with Crippen LogP contribution in [0.2, 0.25) is 0 Å². The van der Waals surface area contributed by atoms with Gasteiger partial charge in [-0.15, -0.1) is 0 Å². The molecule has 8 nitrogen and oxygen atoms in total. The molecule has 0 unspecified atom stereocenters. The van der Waals surface area contributed by atoms with E-state index in [2.05, 4.69) is 63.1 Å². The highest BCUT2D eigenvalue weighted by Gasteiger charge is 2.21. The predicted molar refractivity (Wildman–Crippen MR) is 120 cm³/mol. The Balaban J connectivity index is 1.22. The van der Waals surface area contributed by atoms with Crippen molar-refractivity contribution in [3.63, 3.8) is 0 Å². The Bertz CT molecular complexity index is 1040. The van der Waals surface area contributed by atoms with Gasteiger partial charge in [-0.05, 0) is 62.4 Å². The zero-order valence-electron chi connectivity index (χ0n) is 18.1. The summed E-state index contributed by atoms with van der Waals surface area (Å²) in [5.41, 5.74) is 5.83. The van der Waals surface area contributed by atoms with Gasteiger partial charge in [0.25, 0.3) is 5.91 Å². The van der Waals surface area contributed by atoms with E-state index in [9.17, 15) is 4.79 Å². The van der Waals surface area contributed by atoms with Gasteiger partial charge in [0.2, 0.25) is 5.95 Å². The van der Waals surface area contributed by atoms with Gasteiger partial charge in [0, 0.05) is 49.6 Å². The number of anilines is 1. The first-order valence-corrected chi connectivity index (χ1v) is 10.8. The number of carbonyl (C=O) groups is 1. The van der Waals surface area contributed by atoms with Crippen LogP contribution >= 0.6 is 0 Å². The van der Waals surface area contributed by atoms with Crippen LogP contribution in [0, 0.1) is 12.8 Å². The summed E-state index contributed by atoms with van der Waals surface area (Å²) in [5, 5.41) is 13.7. The number of fused-ring (bicyclic) bond motifs is 1. The monoisotopic (exact) mass is 422 g/mol. The second-order valence-electron chi connectivity index (χ2n) is 8.38. The van der Waals surface area contributed by atoms with Crippen LogP contribution in [-0.2, 0) is 13.5 Å². The summed E-state index contributed by atoms with van der Waals surface area (Å²) >= 11 is 0. The van der Waals surface area contributed by atoms with Gasteiger partial charge in [-0.1, -0.05) is 12.1 Å². The maximum Gasteiger partial charge on any atom is 0.277 e. The third kappa shape index (κ3) is 4.86. The van der Waals surface area contributed by atoms with Crippen molar-refractivity contribution >= 4 is 22.8 Å². The van der Waals surface area contributed by atoms with Crippen molar-refractivity contribution in [2.24, 2.45) is 13.0 Å². The lowest BCUT2D eigenvalue weighted by atomic mass is 9.97. The van der Waals surface area contributed by atoms with Crippen molar-refractivity contribution in [2.75, 3.05) is 31.1 Å². The van der Waals surface area contributed by atoms with Gasteiger partial charge >= 0.3 is 0 Å². The van der Waals surface area contributed by atoms with E-state index in [-0.39, 0.29) is 5.56 Å². The SMILES string of the molecule is Cc1ccc2c(CCNCC3CCN(c4ncc(C(=O)NO)cn4)CC3)cn(C)c2c1. The van der Waals surface area contributed by atoms with E-state index in [1.54, 1.807) is 5.48 Å². The van der Waals surface area contributed by atoms with Gasteiger partial charge < -0.3 is 14.8 Å². The first-order valence-electron chi connectivity index (χ1n) is 10.8. The van der Waals surface area contributed by atoms with Crippen LogP contribution in [0.25, 0.3) is 10.9 Å². The van der Waals surface area contributed by atoms with Crippen LogP contribution in [-0.4, -0.2) is 51.8 Å². The van der Waals surface area contributed by atoms with Gasteiger partial charge in [-0.2, -0.15) is 0 Å². The highest BCUT2D eigenvalue weighted by atomic mass is 16.5. The van der Waals surface area contributed by atoms with Crippen LogP contribution in [0.15, 0.2) is 36.8 Å². The van der Waals surface area contributed by atoms with E-state index in [0.29, 0.717) is 11.9 Å². The molecule has 1 amide bonds. The van der Waals surface area contributed by atoms with Crippen LogP contribution in [0.4, 0.5) is 5.95 Å². The predicted octanol–water partition coefficient (Wildman–Crippen LogP) is 2.44. The molecule has 1 fully saturated rings. The summed E-state index contributed by atoms with van der Waals surface area (Å²) in [6.45, 7) is 5.94. The highest BCUT2D eigenvalue weighted by molar-refractivity contribution is 5.92. The van der Waals surface area contributed by atoms with Crippen molar-refractivity contribution in [3.05, 3.63) is 53.5 Å². The van der Waals surface area contributed by atoms with E-state index in [1.165, 1.54) is 34.4 Å². The lowest BCUT2D eigenvalue weighted by Crippen LogP contribution is -2.38. The number of hydrogen-bond donors (Lipinski definition) is 3. The Morgan fingerprint density at radius 3 is 2.68 bits per heavy atom. The summed E-state index contributed by atoms with van der Waals surface area (Å²) in [5.74, 6) is 0.674. The molecule has 0 aliphatic carbocycles. The topological polar surface area (TPSA) is 95.3 Å². The quantitative estimate of drug-likeness (QED) is 0.308. The summed E-state index contributed by atoms with van der Waals surface area (Å²) in [6.07, 6.45) is 8.33. The molecule has 3 heterocycles. The fourth-order valence-electron chi connectivity index (χ4n) is 4.31. The number of hydroxylamine groups is 1. The fourth-order valence-corrected chi connectivity index (χ4v) is 4.31. The molecule has 3 aromatic rings. The minimum absolute atomic E-state index is 0.242. The van der Waals surface area contributed by atoms with Gasteiger partial charge in [0.1, 0.15) is 0 Å². The maximum atomic E-state index is 11.4. The van der Waals surface area contributed by atoms with Crippen LogP contribution in [0.5, 0.6) is 0 Å². The minimum Gasteiger partial charge on any atom is -0.350 e. The molecule has 0 radical (unpaired) electrons. The highest BCUT2D eigenvalue weighted by Crippen LogP contribution is 2.23. The number of benzene rings is 1. The van der Waals surface area contributed by atoms with Crippen molar-refractivity contribution in [2.45, 2.75) is 26.2 Å². The molecule has 0 atom stereocenters. The van der Waals surface area contributed by atoms with Gasteiger partial charge in [-0.3, -0.25) is 10.0 Å². The molecule has 2 aromatic heterocycles. The van der Waals surface area contributed by atoms with E-state index < -0.39 is 5.91 Å². The van der Waals surface area contributed by atoms with Gasteiger partial charge in [0.05, 0.1) is 5.56 Å². The maximum absolute atomic E-state index is 11.4. The number of hydrogen-bond acceptors (Lipinski definition) is 6. The number of amides is 1. The molecular formula is C23H30N6O2. The Labute approximate surface area is 182 Å². The van der Waals surface area contributed by atoms with Crippen molar-refractivity contribution in [3.8, 4) is 0 Å². The largest absolute Gasteiger partial charge is 0.350 e. The number of aromatic nitrogens is 3. The third-order valence-electron chi connectivity index (χ3n) is 6.13. The molecule has 4 rings (SSSR count). The lowest BCUT2D eigenvalue weighted by molar-refractivity contribution is 0.0705. The fraction of sp³-hybridized carbons (Fsp3) is 0.435. The van der Waals surface area contributed by atoms with Crippen molar-refractivity contribution in [1.82, 2.24) is 25.3 Å². The molecule has 1 aliphatic rings. The summed E-state index contributed by atoms with van der Waals surface area (Å²) in [6, 6.07) is 6.67. The lowest BCUT2D eigenvalue weighted by Gasteiger charge is -2.32. The van der Waals surface area contributed by atoms with Gasteiger partial charge in [0.15, 0.2) is 0 Å². The Morgan fingerprint density at radius 2 is 1.97 bits per heavy atom. The molecule has 0 saturated carbocycles. The number of nitrogens with one attached hydrogen (secondary N) is 2. The molecule has 8 heteroatoms. The van der Waals surface area contributed by atoms with Crippen molar-refractivity contribution in [1.29, 1.82) is 0 Å². The Hall–Kier alpha value is -2.97. The molecule has 164 valence electrons. The normalized spacial score (nSPS) is 14.9. The zero-order chi connectivity index (χ0) is 21.8. The second kappa shape index (κ2) is 9.45. The summed E-state index contributed by atoms with van der Waals surface area (Å²) in [4.78, 5) is 22.0. The molecule has 1 saturated heterocycles. The molecule has 31 heavy (non-hydrogen) atoms. The van der Waals surface area contributed by atoms with E-state index in [1.807, 2.05) is 0 Å². The molecule has 3 N–H and O–H groups in total. The molecule has 1 aliphatic heterocycles. The number of carbonyl (C=O) groups excluding carboxylic acids is 1. The first-order chi connectivity index (χ1) is 15.0. The second-order valence-corrected chi connectivity index (χ2v) is 8.38. The molecule has 1 aromatic carbocycles. The van der Waals surface area contributed by atoms with Crippen molar-refractivity contribution < 1.29 is 10.0 Å².